The fraction of sp³-hybridized carbons (Fsp3) is 0.174. The fourth-order valence-corrected chi connectivity index (χ4v) is 4.14. The van der Waals surface area contributed by atoms with Crippen molar-refractivity contribution in [1.29, 1.82) is 0 Å². The maximum absolute atomic E-state index is 14.7. The summed E-state index contributed by atoms with van der Waals surface area (Å²) in [6.07, 6.45) is -0.413. The van der Waals surface area contributed by atoms with Crippen molar-refractivity contribution in [2.24, 2.45) is 4.99 Å². The number of carbonyl (C=O) groups is 1. The molecule has 0 bridgehead atoms. The maximum Gasteiger partial charge on any atom is 0.416 e. The van der Waals surface area contributed by atoms with Crippen molar-refractivity contribution >= 4 is 52.4 Å². The van der Waals surface area contributed by atoms with Crippen LogP contribution in [-0.2, 0) is 6.18 Å². The summed E-state index contributed by atoms with van der Waals surface area (Å²) in [7, 11) is 1.70. The van der Waals surface area contributed by atoms with Gasteiger partial charge in [0, 0.05) is 42.7 Å². The average molecular weight is 518 g/mol. The quantitative estimate of drug-likeness (QED) is 0.485. The van der Waals surface area contributed by atoms with Crippen LogP contribution in [0.4, 0.5) is 35.0 Å². The van der Waals surface area contributed by atoms with Gasteiger partial charge < -0.3 is 15.5 Å². The molecule has 0 radical (unpaired) electrons. The molecule has 0 saturated heterocycles. The minimum Gasteiger partial charge on any atom is -0.357 e. The minimum absolute atomic E-state index is 0.0553. The van der Waals surface area contributed by atoms with Crippen molar-refractivity contribution < 1.29 is 22.4 Å². The molecule has 184 valence electrons. The molecule has 0 spiro atoms. The van der Waals surface area contributed by atoms with Crippen LogP contribution in [0.15, 0.2) is 41.7 Å². The van der Waals surface area contributed by atoms with Gasteiger partial charge in [-0.05, 0) is 30.3 Å². The Morgan fingerprint density at radius 2 is 2.00 bits per heavy atom. The number of aliphatic imine (C=N–C) groups is 1. The predicted octanol–water partition coefficient (Wildman–Crippen LogP) is 4.75. The topological polar surface area (TPSA) is 95.4 Å². The van der Waals surface area contributed by atoms with Gasteiger partial charge in [-0.1, -0.05) is 11.6 Å². The van der Waals surface area contributed by atoms with Gasteiger partial charge in [0.15, 0.2) is 0 Å². The Bertz CT molecular complexity index is 1450. The number of carbonyl (C=O) groups excluding carboxylic acids is 1. The number of nitrogens with zero attached hydrogens (tertiary/aromatic N) is 5. The Kier molecular flexibility index (Phi) is 5.83. The first kappa shape index (κ1) is 23.7. The van der Waals surface area contributed by atoms with Crippen LogP contribution in [0.5, 0.6) is 0 Å². The molecule has 13 heteroatoms. The van der Waals surface area contributed by atoms with E-state index in [1.165, 1.54) is 6.07 Å². The summed E-state index contributed by atoms with van der Waals surface area (Å²) in [5.74, 6) is -0.229. The van der Waals surface area contributed by atoms with E-state index in [2.05, 4.69) is 30.6 Å². The van der Waals surface area contributed by atoms with Crippen molar-refractivity contribution in [2.75, 3.05) is 35.7 Å². The normalized spacial score (nSPS) is 14.6. The lowest BCUT2D eigenvalue weighted by atomic mass is 9.98. The average Bonchev–Trinajstić information content (AvgIpc) is 3.35. The number of alkyl halides is 3. The van der Waals surface area contributed by atoms with Crippen LogP contribution >= 0.6 is 11.6 Å². The molecule has 2 aliphatic heterocycles. The van der Waals surface area contributed by atoms with Gasteiger partial charge in [-0.2, -0.15) is 18.2 Å². The second kappa shape index (κ2) is 8.86. The van der Waals surface area contributed by atoms with Crippen LogP contribution in [0.3, 0.4) is 0 Å². The van der Waals surface area contributed by atoms with E-state index in [0.717, 1.165) is 18.3 Å². The number of amidine groups is 1. The number of benzene rings is 1. The third-order valence-corrected chi connectivity index (χ3v) is 5.88. The number of rotatable bonds is 4. The molecule has 2 aromatic heterocycles. The van der Waals surface area contributed by atoms with Gasteiger partial charge in [0.2, 0.25) is 5.95 Å². The Balaban J connectivity index is 1.53. The van der Waals surface area contributed by atoms with E-state index < -0.39 is 29.2 Å². The van der Waals surface area contributed by atoms with Crippen molar-refractivity contribution in [1.82, 2.24) is 15.0 Å². The van der Waals surface area contributed by atoms with Gasteiger partial charge >= 0.3 is 6.18 Å². The van der Waals surface area contributed by atoms with Crippen LogP contribution in [-0.4, -0.2) is 46.8 Å². The van der Waals surface area contributed by atoms with Gasteiger partial charge in [-0.15, -0.1) is 0 Å². The van der Waals surface area contributed by atoms with Crippen LogP contribution in [0.25, 0.3) is 11.6 Å². The zero-order valence-electron chi connectivity index (χ0n) is 18.5. The highest BCUT2D eigenvalue weighted by molar-refractivity contribution is 6.40. The number of halogens is 5. The van der Waals surface area contributed by atoms with Crippen LogP contribution in [0.1, 0.15) is 27.2 Å². The SMILES string of the molecule is CNc1ncc2c(n1)N1CCN=C1C(c1cc(NC(=O)c3cc(C(F)(F)F)ccn3)c(F)cc1Cl)=C2. The molecule has 3 aromatic rings. The smallest absolute Gasteiger partial charge is 0.357 e. The number of aromatic nitrogens is 3. The van der Waals surface area contributed by atoms with E-state index in [4.69, 9.17) is 11.6 Å². The second-order valence-electron chi connectivity index (χ2n) is 7.83. The highest BCUT2D eigenvalue weighted by Crippen LogP contribution is 2.39. The van der Waals surface area contributed by atoms with Gasteiger partial charge in [-0.3, -0.25) is 14.8 Å². The zero-order valence-corrected chi connectivity index (χ0v) is 19.2. The van der Waals surface area contributed by atoms with E-state index in [1.54, 1.807) is 19.3 Å². The predicted molar refractivity (Wildman–Crippen MR) is 128 cm³/mol. The van der Waals surface area contributed by atoms with Gasteiger partial charge in [0.1, 0.15) is 23.2 Å². The molecular formula is C23H16ClF4N7O. The first-order valence-corrected chi connectivity index (χ1v) is 11.0. The molecule has 1 aromatic carbocycles. The molecule has 0 unspecified atom stereocenters. The summed E-state index contributed by atoms with van der Waals surface area (Å²) in [6, 6.07) is 3.66. The summed E-state index contributed by atoms with van der Waals surface area (Å²) >= 11 is 6.38. The highest BCUT2D eigenvalue weighted by Gasteiger charge is 2.33. The van der Waals surface area contributed by atoms with Crippen molar-refractivity contribution in [3.8, 4) is 0 Å². The molecule has 4 heterocycles. The number of pyridine rings is 1. The first-order valence-electron chi connectivity index (χ1n) is 10.6. The molecule has 0 fully saturated rings. The number of anilines is 3. The highest BCUT2D eigenvalue weighted by atomic mass is 35.5. The van der Waals surface area contributed by atoms with E-state index in [-0.39, 0.29) is 10.7 Å². The third kappa shape index (κ3) is 4.24. The molecule has 0 aliphatic carbocycles. The van der Waals surface area contributed by atoms with Crippen LogP contribution in [0.2, 0.25) is 5.02 Å². The summed E-state index contributed by atoms with van der Waals surface area (Å²) in [5.41, 5.74) is -0.247. The lowest BCUT2D eigenvalue weighted by molar-refractivity contribution is -0.137. The van der Waals surface area contributed by atoms with E-state index in [9.17, 15) is 22.4 Å². The summed E-state index contributed by atoms with van der Waals surface area (Å²) in [4.78, 5) is 31.4. The largest absolute Gasteiger partial charge is 0.416 e. The van der Waals surface area contributed by atoms with E-state index in [0.29, 0.717) is 53.5 Å². The molecule has 8 nitrogen and oxygen atoms in total. The monoisotopic (exact) mass is 517 g/mol. The van der Waals surface area contributed by atoms with Gasteiger partial charge in [-0.25, -0.2) is 9.37 Å². The van der Waals surface area contributed by atoms with E-state index >= 15 is 0 Å². The molecule has 0 saturated carbocycles. The van der Waals surface area contributed by atoms with Gasteiger partial charge in [0.05, 0.1) is 22.8 Å². The number of amides is 1. The van der Waals surface area contributed by atoms with Gasteiger partial charge in [0.25, 0.3) is 5.91 Å². The third-order valence-electron chi connectivity index (χ3n) is 5.57. The van der Waals surface area contributed by atoms with Crippen LogP contribution in [0, 0.1) is 5.82 Å². The fourth-order valence-electron chi connectivity index (χ4n) is 3.89. The lowest BCUT2D eigenvalue weighted by Crippen LogP contribution is -2.32. The molecule has 36 heavy (non-hydrogen) atoms. The zero-order chi connectivity index (χ0) is 25.6. The summed E-state index contributed by atoms with van der Waals surface area (Å²) < 4.78 is 53.8. The number of nitrogens with one attached hydrogen (secondary N) is 2. The molecule has 1 amide bonds. The second-order valence-corrected chi connectivity index (χ2v) is 8.24. The van der Waals surface area contributed by atoms with E-state index in [1.807, 2.05) is 4.90 Å². The number of hydrogen-bond acceptors (Lipinski definition) is 7. The molecule has 5 rings (SSSR count). The Hall–Kier alpha value is -4.06. The summed E-state index contributed by atoms with van der Waals surface area (Å²) in [6.45, 7) is 1.05. The number of hydrogen-bond donors (Lipinski definition) is 2. The maximum atomic E-state index is 14.7. The Labute approximate surface area is 206 Å². The standard InChI is InChI=1S/C23H16ClF4N7O/c1-29-22-32-10-11-6-14(20-31-4-5-35(20)19(11)34-22)13-8-17(16(25)9-15(13)24)33-21(36)18-7-12(2-3-30-18)23(26,27)28/h2-3,6-10H,4-5H2,1H3,(H,33,36)(H,29,32,34). The Morgan fingerprint density at radius 3 is 2.75 bits per heavy atom. The first-order chi connectivity index (χ1) is 17.2. The van der Waals surface area contributed by atoms with Crippen molar-refractivity contribution in [3.63, 3.8) is 0 Å². The van der Waals surface area contributed by atoms with Crippen molar-refractivity contribution in [3.05, 3.63) is 69.9 Å². The summed E-state index contributed by atoms with van der Waals surface area (Å²) in [5, 5.41) is 5.23. The lowest BCUT2D eigenvalue weighted by Gasteiger charge is -2.28. The minimum atomic E-state index is -4.66. The molecular weight excluding hydrogens is 502 g/mol. The molecule has 2 N–H and O–H groups in total. The van der Waals surface area contributed by atoms with Crippen molar-refractivity contribution in [2.45, 2.75) is 6.18 Å². The van der Waals surface area contributed by atoms with Crippen LogP contribution < -0.4 is 15.5 Å². The number of fused-ring (bicyclic) bond motifs is 3. The molecule has 0 atom stereocenters. The molecule has 2 aliphatic rings. The Morgan fingerprint density at radius 1 is 1.19 bits per heavy atom.